The predicted molar refractivity (Wildman–Crippen MR) is 87.5 cm³/mol. The number of amides is 1. The second-order valence-electron chi connectivity index (χ2n) is 4.84. The van der Waals surface area contributed by atoms with Crippen LogP contribution in [0.3, 0.4) is 0 Å². The van der Waals surface area contributed by atoms with Gasteiger partial charge in [0, 0.05) is 42.0 Å². The molecule has 21 heavy (non-hydrogen) atoms. The normalized spacial score (nSPS) is 17.6. The van der Waals surface area contributed by atoms with Gasteiger partial charge in [-0.25, -0.2) is 8.42 Å². The van der Waals surface area contributed by atoms with E-state index < -0.39 is 10.0 Å². The van der Waals surface area contributed by atoms with Gasteiger partial charge in [0.1, 0.15) is 0 Å². The Bertz CT molecular complexity index is 649. The lowest BCUT2D eigenvalue weighted by molar-refractivity contribution is -0.128. The third-order valence-electron chi connectivity index (χ3n) is 3.41. The van der Waals surface area contributed by atoms with Crippen LogP contribution in [0.5, 0.6) is 0 Å². The summed E-state index contributed by atoms with van der Waals surface area (Å²) in [6.07, 6.45) is 0.646. The monoisotopic (exact) mass is 438 g/mol. The average molecular weight is 440 g/mol. The minimum atomic E-state index is -3.55. The zero-order valence-electron chi connectivity index (χ0n) is 11.6. The number of hydrogen-bond acceptors (Lipinski definition) is 3. The zero-order valence-corrected chi connectivity index (χ0v) is 15.5. The molecule has 116 valence electrons. The van der Waals surface area contributed by atoms with Crippen molar-refractivity contribution in [1.82, 2.24) is 9.21 Å². The van der Waals surface area contributed by atoms with E-state index in [-0.39, 0.29) is 10.8 Å². The molecule has 1 aromatic carbocycles. The first-order valence-corrected chi connectivity index (χ1v) is 9.55. The second-order valence-corrected chi connectivity index (χ2v) is 8.51. The minimum absolute atomic E-state index is 0.0147. The molecule has 1 aliphatic rings. The summed E-state index contributed by atoms with van der Waals surface area (Å²) in [6, 6.07) is 5.00. The van der Waals surface area contributed by atoms with E-state index in [9.17, 15) is 13.2 Å². The third-order valence-corrected chi connectivity index (χ3v) is 6.78. The van der Waals surface area contributed by atoms with Gasteiger partial charge in [-0.3, -0.25) is 4.79 Å². The summed E-state index contributed by atoms with van der Waals surface area (Å²) in [7, 11) is -3.55. The van der Waals surface area contributed by atoms with Crippen molar-refractivity contribution in [3.63, 3.8) is 0 Å². The molecule has 0 unspecified atom stereocenters. The molecule has 0 N–H and O–H groups in total. The fraction of sp³-hybridized carbons (Fsp3) is 0.462. The maximum atomic E-state index is 12.7. The molecule has 1 amide bonds. The van der Waals surface area contributed by atoms with Crippen LogP contribution in [0.25, 0.3) is 0 Å². The van der Waals surface area contributed by atoms with Crippen LogP contribution < -0.4 is 0 Å². The number of sulfonamides is 1. The Morgan fingerprint density at radius 3 is 2.48 bits per heavy atom. The van der Waals surface area contributed by atoms with E-state index in [0.717, 1.165) is 4.47 Å². The highest BCUT2D eigenvalue weighted by atomic mass is 79.9. The molecular formula is C13H16Br2N2O3S. The molecule has 1 heterocycles. The Balaban J connectivity index is 2.25. The molecule has 0 aromatic heterocycles. The van der Waals surface area contributed by atoms with Crippen LogP contribution in [0.4, 0.5) is 0 Å². The van der Waals surface area contributed by atoms with Crippen LogP contribution in [0.15, 0.2) is 32.0 Å². The van der Waals surface area contributed by atoms with E-state index in [0.29, 0.717) is 37.1 Å². The van der Waals surface area contributed by atoms with Crippen molar-refractivity contribution in [2.75, 3.05) is 26.2 Å². The van der Waals surface area contributed by atoms with E-state index in [2.05, 4.69) is 31.9 Å². The molecule has 0 saturated carbocycles. The fourth-order valence-electron chi connectivity index (χ4n) is 2.27. The molecule has 0 bridgehead atoms. The summed E-state index contributed by atoms with van der Waals surface area (Å²) >= 11 is 6.62. The number of carbonyl (C=O) groups is 1. The lowest BCUT2D eigenvalue weighted by Crippen LogP contribution is -2.36. The largest absolute Gasteiger partial charge is 0.342 e. The summed E-state index contributed by atoms with van der Waals surface area (Å²) in [5.74, 6) is -0.0147. The van der Waals surface area contributed by atoms with Gasteiger partial charge in [0.15, 0.2) is 0 Å². The van der Waals surface area contributed by atoms with Crippen LogP contribution >= 0.6 is 31.9 Å². The van der Waals surface area contributed by atoms with E-state index >= 15 is 0 Å². The Labute approximate surface area is 141 Å². The molecule has 0 spiro atoms. The number of benzene rings is 1. The van der Waals surface area contributed by atoms with Gasteiger partial charge in [-0.15, -0.1) is 0 Å². The van der Waals surface area contributed by atoms with Crippen molar-refractivity contribution in [3.8, 4) is 0 Å². The molecule has 0 atom stereocenters. The van der Waals surface area contributed by atoms with Gasteiger partial charge >= 0.3 is 0 Å². The van der Waals surface area contributed by atoms with Gasteiger partial charge in [0.05, 0.1) is 4.90 Å². The van der Waals surface area contributed by atoms with Crippen LogP contribution in [-0.2, 0) is 14.8 Å². The molecule has 1 saturated heterocycles. The van der Waals surface area contributed by atoms with Gasteiger partial charge in [-0.05, 0) is 40.5 Å². The molecule has 0 radical (unpaired) electrons. The number of carbonyl (C=O) groups excluding carboxylic acids is 1. The Morgan fingerprint density at radius 2 is 1.86 bits per heavy atom. The lowest BCUT2D eigenvalue weighted by atomic mass is 10.4. The van der Waals surface area contributed by atoms with Crippen molar-refractivity contribution in [1.29, 1.82) is 0 Å². The maximum Gasteiger partial charge on any atom is 0.244 e. The molecule has 1 aromatic rings. The fourth-order valence-corrected chi connectivity index (χ4v) is 5.45. The van der Waals surface area contributed by atoms with E-state index in [1.54, 1.807) is 23.1 Å². The van der Waals surface area contributed by atoms with Crippen LogP contribution in [0.2, 0.25) is 0 Å². The molecular weight excluding hydrogens is 424 g/mol. The zero-order chi connectivity index (χ0) is 15.6. The highest BCUT2D eigenvalue weighted by Gasteiger charge is 2.29. The van der Waals surface area contributed by atoms with Gasteiger partial charge in [0.25, 0.3) is 0 Å². The molecule has 0 aliphatic carbocycles. The average Bonchev–Trinajstić information content (AvgIpc) is 2.64. The molecule has 2 rings (SSSR count). The highest BCUT2D eigenvalue weighted by molar-refractivity contribution is 9.11. The Kier molecular flexibility index (Phi) is 5.45. The van der Waals surface area contributed by atoms with Gasteiger partial charge in [0.2, 0.25) is 15.9 Å². The number of halogens is 2. The number of hydrogen-bond donors (Lipinski definition) is 0. The van der Waals surface area contributed by atoms with Crippen LogP contribution in [0, 0.1) is 0 Å². The first-order valence-electron chi connectivity index (χ1n) is 6.53. The van der Waals surface area contributed by atoms with Crippen molar-refractivity contribution < 1.29 is 13.2 Å². The van der Waals surface area contributed by atoms with Gasteiger partial charge < -0.3 is 4.90 Å². The standard InChI is InChI=1S/C13H16Br2N2O3S/c1-10(18)16-5-2-6-17(8-7-16)21(19,20)13-4-3-11(14)9-12(13)15/h3-4,9H,2,5-8H2,1H3. The smallest absolute Gasteiger partial charge is 0.244 e. The van der Waals surface area contributed by atoms with E-state index in [4.69, 9.17) is 0 Å². The molecule has 1 aliphatic heterocycles. The van der Waals surface area contributed by atoms with Crippen molar-refractivity contribution in [2.24, 2.45) is 0 Å². The Morgan fingerprint density at radius 1 is 1.14 bits per heavy atom. The second kappa shape index (κ2) is 6.76. The summed E-state index contributed by atoms with van der Waals surface area (Å²) in [6.45, 7) is 3.29. The van der Waals surface area contributed by atoms with Gasteiger partial charge in [-0.2, -0.15) is 4.31 Å². The van der Waals surface area contributed by atoms with Crippen molar-refractivity contribution in [3.05, 3.63) is 27.1 Å². The van der Waals surface area contributed by atoms with E-state index in [1.165, 1.54) is 11.2 Å². The van der Waals surface area contributed by atoms with Crippen LogP contribution in [-0.4, -0.2) is 49.7 Å². The number of nitrogens with zero attached hydrogens (tertiary/aromatic N) is 2. The summed E-state index contributed by atoms with van der Waals surface area (Å²) in [5, 5.41) is 0. The first kappa shape index (κ1) is 16.9. The quantitative estimate of drug-likeness (QED) is 0.711. The van der Waals surface area contributed by atoms with E-state index in [1.807, 2.05) is 0 Å². The topological polar surface area (TPSA) is 57.7 Å². The van der Waals surface area contributed by atoms with Crippen LogP contribution in [0.1, 0.15) is 13.3 Å². The summed E-state index contributed by atoms with van der Waals surface area (Å²) in [5.41, 5.74) is 0. The van der Waals surface area contributed by atoms with Crippen molar-refractivity contribution >= 4 is 47.8 Å². The number of rotatable bonds is 2. The molecule has 8 heteroatoms. The van der Waals surface area contributed by atoms with Crippen molar-refractivity contribution in [2.45, 2.75) is 18.2 Å². The molecule has 1 fully saturated rings. The third kappa shape index (κ3) is 3.85. The maximum absolute atomic E-state index is 12.7. The predicted octanol–water partition coefficient (Wildman–Crippen LogP) is 2.45. The first-order chi connectivity index (χ1) is 9.82. The SMILES string of the molecule is CC(=O)N1CCCN(S(=O)(=O)c2ccc(Br)cc2Br)CC1. The molecule has 5 nitrogen and oxygen atoms in total. The summed E-state index contributed by atoms with van der Waals surface area (Å²) in [4.78, 5) is 13.4. The highest BCUT2D eigenvalue weighted by Crippen LogP contribution is 2.28. The van der Waals surface area contributed by atoms with Gasteiger partial charge in [-0.1, -0.05) is 15.9 Å². The Hall–Kier alpha value is -0.440. The summed E-state index contributed by atoms with van der Waals surface area (Å²) < 4.78 is 28.2. The minimum Gasteiger partial charge on any atom is -0.342 e. The lowest BCUT2D eigenvalue weighted by Gasteiger charge is -2.21.